The lowest BCUT2D eigenvalue weighted by Crippen LogP contribution is -2.48. The molecule has 14 rings (SSSR count). The van der Waals surface area contributed by atoms with Gasteiger partial charge in [-0.1, -0.05) is 78.9 Å². The number of para-hydroxylation sites is 4. The largest absolute Gasteiger partial charge is 0.309 e. The summed E-state index contributed by atoms with van der Waals surface area (Å²) in [5.74, 6) is 3.75. The lowest BCUT2D eigenvalue weighted by molar-refractivity contribution is -0.00512. The molecule has 55 heavy (non-hydrogen) atoms. The van der Waals surface area contributed by atoms with E-state index in [0.29, 0.717) is 5.41 Å². The van der Waals surface area contributed by atoms with Crippen molar-refractivity contribution in [2.45, 2.75) is 43.9 Å². The van der Waals surface area contributed by atoms with Gasteiger partial charge in [0, 0.05) is 38.0 Å². The van der Waals surface area contributed by atoms with Gasteiger partial charge in [0.15, 0.2) is 0 Å². The molecule has 264 valence electrons. The van der Waals surface area contributed by atoms with Gasteiger partial charge in [-0.2, -0.15) is 0 Å². The molecule has 6 aromatic carbocycles. The summed E-state index contributed by atoms with van der Waals surface area (Å²) in [5, 5.41) is 7.70. The van der Waals surface area contributed by atoms with E-state index in [4.69, 9.17) is 4.98 Å². The molecule has 10 aromatic rings. The van der Waals surface area contributed by atoms with Crippen molar-refractivity contribution in [2.75, 3.05) is 0 Å². The Balaban J connectivity index is 0.938. The van der Waals surface area contributed by atoms with E-state index in [9.17, 15) is 0 Å². The predicted molar refractivity (Wildman–Crippen MR) is 227 cm³/mol. The first-order valence-electron chi connectivity index (χ1n) is 20.2. The van der Waals surface area contributed by atoms with Crippen LogP contribution in [0.1, 0.15) is 44.1 Å². The van der Waals surface area contributed by atoms with Crippen LogP contribution in [0.15, 0.2) is 152 Å². The quantitative estimate of drug-likeness (QED) is 0.179. The van der Waals surface area contributed by atoms with Crippen LogP contribution < -0.4 is 0 Å². The number of rotatable bonds is 4. The van der Waals surface area contributed by atoms with E-state index < -0.39 is 0 Å². The molecule has 0 spiro atoms. The van der Waals surface area contributed by atoms with Crippen LogP contribution in [0.2, 0.25) is 0 Å². The third-order valence-corrected chi connectivity index (χ3v) is 14.0. The highest BCUT2D eigenvalue weighted by molar-refractivity contribution is 6.12. The zero-order valence-corrected chi connectivity index (χ0v) is 30.7. The molecule has 4 saturated carbocycles. The third-order valence-electron chi connectivity index (χ3n) is 14.0. The summed E-state index contributed by atoms with van der Waals surface area (Å²) in [6, 6.07) is 54.0. The van der Waals surface area contributed by atoms with E-state index in [0.717, 1.165) is 29.3 Å². The average Bonchev–Trinajstić information content (AvgIpc) is 3.86. The Labute approximate surface area is 319 Å². The maximum atomic E-state index is 5.23. The highest BCUT2D eigenvalue weighted by Crippen LogP contribution is 2.61. The summed E-state index contributed by atoms with van der Waals surface area (Å²) in [5.41, 5.74) is 11.4. The average molecular weight is 709 g/mol. The van der Waals surface area contributed by atoms with Gasteiger partial charge in [0.25, 0.3) is 0 Å². The number of pyridine rings is 1. The molecule has 0 saturated heterocycles. The number of hydrogen-bond acceptors (Lipinski definition) is 1. The maximum absolute atomic E-state index is 5.23. The van der Waals surface area contributed by atoms with Crippen molar-refractivity contribution >= 4 is 65.4 Å². The molecule has 0 atom stereocenters. The first-order chi connectivity index (χ1) is 27.2. The van der Waals surface area contributed by atoms with E-state index >= 15 is 0 Å². The summed E-state index contributed by atoms with van der Waals surface area (Å²) in [6.07, 6.45) is 10.6. The molecule has 4 aliphatic carbocycles. The van der Waals surface area contributed by atoms with Crippen LogP contribution in [0.4, 0.5) is 0 Å². The molecule has 0 unspecified atom stereocenters. The summed E-state index contributed by atoms with van der Waals surface area (Å²) < 4.78 is 7.16. The van der Waals surface area contributed by atoms with E-state index in [1.54, 1.807) is 5.56 Å². The lowest BCUT2D eigenvalue weighted by Gasteiger charge is -2.57. The van der Waals surface area contributed by atoms with Gasteiger partial charge in [0.2, 0.25) is 0 Å². The fourth-order valence-electron chi connectivity index (χ4n) is 12.2. The first kappa shape index (κ1) is 30.2. The monoisotopic (exact) mass is 708 g/mol. The molecule has 4 heterocycles. The number of fused-ring (bicyclic) bond motifs is 9. The number of nitrogens with zero attached hydrogens (tertiary/aromatic N) is 4. The van der Waals surface area contributed by atoms with Crippen LogP contribution in [0, 0.1) is 17.8 Å². The van der Waals surface area contributed by atoms with Gasteiger partial charge in [-0.25, -0.2) is 4.98 Å². The molecule has 0 aliphatic heterocycles. The molecule has 4 aromatic heterocycles. The Hall–Kier alpha value is -6.13. The molecule has 4 aliphatic rings. The van der Waals surface area contributed by atoms with Gasteiger partial charge in [-0.15, -0.1) is 0 Å². The topological polar surface area (TPSA) is 27.7 Å². The molecule has 0 amide bonds. The smallest absolute Gasteiger partial charge is 0.137 e. The Bertz CT molecular complexity index is 3100. The molecule has 4 nitrogen and oxygen atoms in total. The minimum absolute atomic E-state index is 0.374. The Morgan fingerprint density at radius 1 is 0.400 bits per heavy atom. The van der Waals surface area contributed by atoms with Gasteiger partial charge in [0.05, 0.1) is 45.0 Å². The summed E-state index contributed by atoms with van der Waals surface area (Å²) in [4.78, 5) is 5.23. The van der Waals surface area contributed by atoms with Gasteiger partial charge < -0.3 is 9.13 Å². The van der Waals surface area contributed by atoms with Crippen LogP contribution >= 0.6 is 0 Å². The van der Waals surface area contributed by atoms with Gasteiger partial charge in [-0.3, -0.25) is 4.57 Å². The fraction of sp³-hybridized carbons (Fsp3) is 0.196. The van der Waals surface area contributed by atoms with Crippen LogP contribution in [0.5, 0.6) is 0 Å². The normalized spacial score (nSPS) is 22.0. The second kappa shape index (κ2) is 11.0. The van der Waals surface area contributed by atoms with Crippen molar-refractivity contribution in [1.82, 2.24) is 18.7 Å². The Kier molecular flexibility index (Phi) is 6.03. The number of hydrogen-bond donors (Lipinski definition) is 0. The molecular formula is C51H40N4. The van der Waals surface area contributed by atoms with Crippen LogP contribution in [-0.2, 0) is 5.41 Å². The molecule has 0 radical (unpaired) electrons. The number of benzene rings is 6. The van der Waals surface area contributed by atoms with Crippen molar-refractivity contribution in [2.24, 2.45) is 17.8 Å². The summed E-state index contributed by atoms with van der Waals surface area (Å²) in [7, 11) is 0. The zero-order chi connectivity index (χ0) is 35.8. The third kappa shape index (κ3) is 4.20. The summed E-state index contributed by atoms with van der Waals surface area (Å²) >= 11 is 0. The standard InChI is InChI=1S/C51H40N4/c1-5-13-44-38(9-1)39-10-2-6-14-45(39)53(44)36-18-21-48-43(27-36)41-12-3-7-15-46(41)54(48)37-19-22-50(52-31-37)55-47-16-8-4-11-40(47)42-26-35(17-20-49(42)55)51-28-32-23-33(29-51)25-34(24-32)30-51/h1-22,26-27,31-34H,23-25,28-30H2. The van der Waals surface area contributed by atoms with Crippen molar-refractivity contribution in [3.63, 3.8) is 0 Å². The second-order valence-electron chi connectivity index (χ2n) is 17.1. The van der Waals surface area contributed by atoms with E-state index in [1.165, 1.54) is 110 Å². The first-order valence-corrected chi connectivity index (χ1v) is 20.2. The highest BCUT2D eigenvalue weighted by Gasteiger charge is 2.51. The van der Waals surface area contributed by atoms with E-state index in [-0.39, 0.29) is 0 Å². The van der Waals surface area contributed by atoms with Crippen LogP contribution in [-0.4, -0.2) is 18.7 Å². The molecule has 0 N–H and O–H groups in total. The van der Waals surface area contributed by atoms with Gasteiger partial charge in [-0.05, 0) is 134 Å². The second-order valence-corrected chi connectivity index (χ2v) is 17.1. The van der Waals surface area contributed by atoms with E-state index in [2.05, 4.69) is 165 Å². The predicted octanol–water partition coefficient (Wildman–Crippen LogP) is 12.8. The number of aromatic nitrogens is 4. The summed E-state index contributed by atoms with van der Waals surface area (Å²) in [6.45, 7) is 0. The van der Waals surface area contributed by atoms with Gasteiger partial charge >= 0.3 is 0 Å². The fourth-order valence-corrected chi connectivity index (χ4v) is 12.2. The Morgan fingerprint density at radius 3 is 1.40 bits per heavy atom. The van der Waals surface area contributed by atoms with Crippen molar-refractivity contribution in [1.29, 1.82) is 0 Å². The molecule has 4 fully saturated rings. The highest BCUT2D eigenvalue weighted by atomic mass is 15.1. The minimum atomic E-state index is 0.374. The van der Waals surface area contributed by atoms with Crippen molar-refractivity contribution in [3.05, 3.63) is 157 Å². The molecular weight excluding hydrogens is 669 g/mol. The lowest BCUT2D eigenvalue weighted by atomic mass is 9.48. The zero-order valence-electron chi connectivity index (χ0n) is 30.7. The molecule has 4 heteroatoms. The Morgan fingerprint density at radius 2 is 0.836 bits per heavy atom. The molecule has 4 bridgehead atoms. The van der Waals surface area contributed by atoms with Crippen LogP contribution in [0.25, 0.3) is 82.6 Å². The van der Waals surface area contributed by atoms with E-state index in [1.807, 2.05) is 0 Å². The van der Waals surface area contributed by atoms with Crippen LogP contribution in [0.3, 0.4) is 0 Å². The van der Waals surface area contributed by atoms with Crippen molar-refractivity contribution < 1.29 is 0 Å². The van der Waals surface area contributed by atoms with Gasteiger partial charge in [0.1, 0.15) is 5.82 Å². The van der Waals surface area contributed by atoms with Crippen molar-refractivity contribution in [3.8, 4) is 17.2 Å². The minimum Gasteiger partial charge on any atom is -0.309 e. The SMILES string of the molecule is c1ccc2c(c1)c1ccccc1n2-c1ccc2c(c1)c1ccccc1n2-c1ccc(-n2c3ccccc3c3cc(C45CC6CC(CC(C6)C4)C5)ccc32)nc1. The maximum Gasteiger partial charge on any atom is 0.137 e.